The lowest BCUT2D eigenvalue weighted by Gasteiger charge is -2.22. The third-order valence-corrected chi connectivity index (χ3v) is 7.07. The van der Waals surface area contributed by atoms with Crippen molar-refractivity contribution in [2.45, 2.75) is 38.6 Å². The Labute approximate surface area is 175 Å². The lowest BCUT2D eigenvalue weighted by Crippen LogP contribution is -2.47. The van der Waals surface area contributed by atoms with E-state index in [1.54, 1.807) is 25.4 Å². The van der Waals surface area contributed by atoms with Gasteiger partial charge in [-0.05, 0) is 24.1 Å². The number of benzene rings is 1. The Morgan fingerprint density at radius 1 is 1.21 bits per heavy atom. The van der Waals surface area contributed by atoms with Crippen LogP contribution < -0.4 is 10.6 Å². The summed E-state index contributed by atoms with van der Waals surface area (Å²) >= 11 is 1.28. The molecule has 1 heterocycles. The Balaban J connectivity index is 2.21. The maximum atomic E-state index is 12.7. The molecule has 2 rings (SSSR count). The maximum absolute atomic E-state index is 12.7. The lowest BCUT2D eigenvalue weighted by atomic mass is 10.0. The fraction of sp³-hybridized carbons (Fsp3) is 0.421. The van der Waals surface area contributed by atoms with Gasteiger partial charge in [0.25, 0.3) is 5.91 Å². The van der Waals surface area contributed by atoms with E-state index in [0.29, 0.717) is 18.2 Å². The minimum absolute atomic E-state index is 0.0437. The number of nitrogens with zero attached hydrogens (tertiary/aromatic N) is 2. The zero-order valence-electron chi connectivity index (χ0n) is 16.9. The molecular formula is C19H26N4O4S2. The van der Waals surface area contributed by atoms with Gasteiger partial charge >= 0.3 is 0 Å². The topological polar surface area (TPSA) is 108 Å². The fourth-order valence-electron chi connectivity index (χ4n) is 2.74. The summed E-state index contributed by atoms with van der Waals surface area (Å²) in [5, 5.41) is 7.56. The molecule has 0 unspecified atom stereocenters. The molecule has 0 bridgehead atoms. The molecule has 2 aromatic rings. The molecule has 29 heavy (non-hydrogen) atoms. The molecule has 0 aliphatic rings. The van der Waals surface area contributed by atoms with Crippen molar-refractivity contribution in [3.63, 3.8) is 0 Å². The zero-order chi connectivity index (χ0) is 21.6. The van der Waals surface area contributed by atoms with Gasteiger partial charge in [0.2, 0.25) is 15.9 Å². The van der Waals surface area contributed by atoms with Gasteiger partial charge in [-0.1, -0.05) is 33.8 Å². The van der Waals surface area contributed by atoms with E-state index in [2.05, 4.69) is 15.6 Å². The van der Waals surface area contributed by atoms with Gasteiger partial charge in [0.05, 0.1) is 4.90 Å². The highest BCUT2D eigenvalue weighted by molar-refractivity contribution is 7.89. The van der Waals surface area contributed by atoms with Crippen LogP contribution in [0.2, 0.25) is 0 Å². The van der Waals surface area contributed by atoms with Crippen molar-refractivity contribution in [2.75, 3.05) is 18.4 Å². The van der Waals surface area contributed by atoms with E-state index in [-0.39, 0.29) is 22.3 Å². The van der Waals surface area contributed by atoms with Crippen LogP contribution in [-0.2, 0) is 14.8 Å². The molecule has 2 amide bonds. The number of carbonyl (C=O) groups excluding carboxylic acids is 2. The van der Waals surface area contributed by atoms with Crippen LogP contribution in [0.25, 0.3) is 0 Å². The number of aromatic nitrogens is 1. The summed E-state index contributed by atoms with van der Waals surface area (Å²) in [5.74, 6) is -1.08. The fourth-order valence-corrected chi connectivity index (χ4v) is 4.77. The predicted octanol–water partition coefficient (Wildman–Crippen LogP) is 2.57. The Morgan fingerprint density at radius 2 is 1.90 bits per heavy atom. The predicted molar refractivity (Wildman–Crippen MR) is 113 cm³/mol. The molecule has 0 spiro atoms. The highest BCUT2D eigenvalue weighted by atomic mass is 32.2. The van der Waals surface area contributed by atoms with Crippen LogP contribution in [-0.4, -0.2) is 48.7 Å². The summed E-state index contributed by atoms with van der Waals surface area (Å²) in [6.07, 6.45) is 1.57. The van der Waals surface area contributed by atoms with E-state index in [4.69, 9.17) is 0 Å². The van der Waals surface area contributed by atoms with Crippen LogP contribution in [0.15, 0.2) is 40.7 Å². The number of hydrogen-bond donors (Lipinski definition) is 2. The minimum Gasteiger partial charge on any atom is -0.340 e. The molecule has 0 aliphatic carbocycles. The van der Waals surface area contributed by atoms with Crippen LogP contribution in [0.1, 0.15) is 38.1 Å². The Morgan fingerprint density at radius 3 is 2.45 bits per heavy atom. The third kappa shape index (κ3) is 5.62. The van der Waals surface area contributed by atoms with Crippen LogP contribution in [0, 0.1) is 5.92 Å². The number of amides is 2. The average molecular weight is 439 g/mol. The largest absolute Gasteiger partial charge is 0.340 e. The molecule has 0 aliphatic heterocycles. The first-order chi connectivity index (χ1) is 13.7. The lowest BCUT2D eigenvalue weighted by molar-refractivity contribution is -0.118. The average Bonchev–Trinajstić information content (AvgIpc) is 3.19. The molecule has 0 saturated heterocycles. The molecule has 1 aromatic carbocycles. The number of carbonyl (C=O) groups is 2. The second kappa shape index (κ2) is 9.95. The van der Waals surface area contributed by atoms with Gasteiger partial charge in [-0.3, -0.25) is 9.59 Å². The number of rotatable bonds is 9. The number of anilines is 1. The van der Waals surface area contributed by atoms with E-state index < -0.39 is 22.0 Å². The number of thiazole rings is 1. The normalized spacial score (nSPS) is 12.8. The van der Waals surface area contributed by atoms with Crippen LogP contribution in [0.4, 0.5) is 5.13 Å². The van der Waals surface area contributed by atoms with Gasteiger partial charge in [-0.2, -0.15) is 4.31 Å². The minimum atomic E-state index is -3.69. The van der Waals surface area contributed by atoms with Crippen molar-refractivity contribution < 1.29 is 18.0 Å². The molecule has 2 N–H and O–H groups in total. The summed E-state index contributed by atoms with van der Waals surface area (Å²) in [5.41, 5.74) is 0.172. The molecule has 0 fully saturated rings. The Hall–Kier alpha value is -2.30. The summed E-state index contributed by atoms with van der Waals surface area (Å²) in [4.78, 5) is 29.3. The number of hydrogen-bond acceptors (Lipinski definition) is 6. The van der Waals surface area contributed by atoms with E-state index in [9.17, 15) is 18.0 Å². The van der Waals surface area contributed by atoms with Crippen LogP contribution in [0.3, 0.4) is 0 Å². The first kappa shape index (κ1) is 23.0. The van der Waals surface area contributed by atoms with Crippen molar-refractivity contribution in [1.82, 2.24) is 14.6 Å². The second-order valence-electron chi connectivity index (χ2n) is 6.64. The Kier molecular flexibility index (Phi) is 7.88. The van der Waals surface area contributed by atoms with E-state index in [1.165, 1.54) is 39.9 Å². The molecule has 0 radical (unpaired) electrons. The Bertz CT molecular complexity index is 939. The zero-order valence-corrected chi connectivity index (χ0v) is 18.5. The first-order valence-corrected chi connectivity index (χ1v) is 11.6. The van der Waals surface area contributed by atoms with Gasteiger partial charge in [-0.15, -0.1) is 11.3 Å². The molecule has 10 heteroatoms. The van der Waals surface area contributed by atoms with Crippen molar-refractivity contribution >= 4 is 38.3 Å². The second-order valence-corrected chi connectivity index (χ2v) is 9.47. The molecule has 1 aromatic heterocycles. The molecular weight excluding hydrogens is 412 g/mol. The smallest absolute Gasteiger partial charge is 0.251 e. The van der Waals surface area contributed by atoms with Crippen molar-refractivity contribution in [3.8, 4) is 0 Å². The van der Waals surface area contributed by atoms with Crippen molar-refractivity contribution in [3.05, 3.63) is 41.4 Å². The van der Waals surface area contributed by atoms with E-state index in [0.717, 1.165) is 0 Å². The summed E-state index contributed by atoms with van der Waals surface area (Å²) in [7, 11) is -3.69. The highest BCUT2D eigenvalue weighted by Crippen LogP contribution is 2.18. The van der Waals surface area contributed by atoms with Gasteiger partial charge in [0.1, 0.15) is 6.04 Å². The molecule has 0 saturated carbocycles. The number of sulfonamides is 1. The first-order valence-electron chi connectivity index (χ1n) is 9.32. The van der Waals surface area contributed by atoms with Crippen molar-refractivity contribution in [1.29, 1.82) is 0 Å². The maximum Gasteiger partial charge on any atom is 0.251 e. The molecule has 1 atom stereocenters. The quantitative estimate of drug-likeness (QED) is 0.625. The van der Waals surface area contributed by atoms with E-state index in [1.807, 2.05) is 13.8 Å². The summed E-state index contributed by atoms with van der Waals surface area (Å²) in [6.45, 7) is 7.81. The van der Waals surface area contributed by atoms with Crippen molar-refractivity contribution in [2.24, 2.45) is 5.92 Å². The SMILES string of the molecule is CCN(CC)S(=O)(=O)c1cccc(C(=O)N[C@@H](C(=O)Nc2nccs2)C(C)C)c1. The third-order valence-electron chi connectivity index (χ3n) is 4.34. The monoisotopic (exact) mass is 438 g/mol. The van der Waals surface area contributed by atoms with Gasteiger partial charge in [0, 0.05) is 30.2 Å². The number of nitrogens with one attached hydrogen (secondary N) is 2. The summed E-state index contributed by atoms with van der Waals surface area (Å²) < 4.78 is 26.7. The highest BCUT2D eigenvalue weighted by Gasteiger charge is 2.27. The van der Waals surface area contributed by atoms with Gasteiger partial charge in [0.15, 0.2) is 5.13 Å². The summed E-state index contributed by atoms with van der Waals surface area (Å²) in [6, 6.07) is 5.03. The van der Waals surface area contributed by atoms with Crippen LogP contribution in [0.5, 0.6) is 0 Å². The van der Waals surface area contributed by atoms with Gasteiger partial charge < -0.3 is 10.6 Å². The van der Waals surface area contributed by atoms with Gasteiger partial charge in [-0.25, -0.2) is 13.4 Å². The molecule has 158 valence electrons. The molecule has 8 nitrogen and oxygen atoms in total. The standard InChI is InChI=1S/C19H26N4O4S2/c1-5-23(6-2)29(26,27)15-9-7-8-14(12-15)17(24)21-16(13(3)4)18(25)22-19-20-10-11-28-19/h7-13,16H,5-6H2,1-4H3,(H,21,24)(H,20,22,25)/t16-/m1/s1. The van der Waals surface area contributed by atoms with Crippen LogP contribution >= 0.6 is 11.3 Å². The van der Waals surface area contributed by atoms with E-state index >= 15 is 0 Å².